The summed E-state index contributed by atoms with van der Waals surface area (Å²) in [7, 11) is 0. The van der Waals surface area contributed by atoms with Crippen molar-refractivity contribution in [3.8, 4) is 0 Å². The van der Waals surface area contributed by atoms with Gasteiger partial charge in [-0.1, -0.05) is 26.8 Å². The van der Waals surface area contributed by atoms with Gasteiger partial charge in [-0.2, -0.15) is 13.2 Å². The maximum atomic E-state index is 12.6. The van der Waals surface area contributed by atoms with Gasteiger partial charge in [0.25, 0.3) is 0 Å². The van der Waals surface area contributed by atoms with Gasteiger partial charge in [-0.25, -0.2) is 0 Å². The van der Waals surface area contributed by atoms with Crippen LogP contribution in [0.2, 0.25) is 0 Å². The molecule has 18 heavy (non-hydrogen) atoms. The average Bonchev–Trinajstić information content (AvgIpc) is 2.23. The van der Waals surface area contributed by atoms with Crippen molar-refractivity contribution in [3.05, 3.63) is 34.9 Å². The van der Waals surface area contributed by atoms with Crippen LogP contribution < -0.4 is 5.73 Å². The largest absolute Gasteiger partial charge is 0.416 e. The Morgan fingerprint density at radius 1 is 1.06 bits per heavy atom. The van der Waals surface area contributed by atoms with Gasteiger partial charge >= 0.3 is 6.18 Å². The second kappa shape index (κ2) is 5.31. The van der Waals surface area contributed by atoms with Crippen LogP contribution in [0, 0.1) is 5.41 Å². The molecule has 0 fully saturated rings. The van der Waals surface area contributed by atoms with Gasteiger partial charge in [0.05, 0.1) is 5.56 Å². The van der Waals surface area contributed by atoms with E-state index in [0.29, 0.717) is 12.0 Å². The van der Waals surface area contributed by atoms with E-state index in [1.54, 1.807) is 0 Å². The number of nitrogens with two attached hydrogens (primary N) is 1. The van der Waals surface area contributed by atoms with E-state index in [4.69, 9.17) is 5.73 Å². The number of alkyl halides is 3. The van der Waals surface area contributed by atoms with E-state index in [1.807, 2.05) is 0 Å². The summed E-state index contributed by atoms with van der Waals surface area (Å²) in [6.45, 7) is 6.49. The summed E-state index contributed by atoms with van der Waals surface area (Å²) >= 11 is 0. The average molecular weight is 259 g/mol. The highest BCUT2D eigenvalue weighted by molar-refractivity contribution is 5.33. The fourth-order valence-electron chi connectivity index (χ4n) is 1.74. The molecule has 1 aromatic rings. The Morgan fingerprint density at radius 3 is 2.11 bits per heavy atom. The molecule has 0 unspecified atom stereocenters. The molecule has 1 nitrogen and oxygen atoms in total. The first-order chi connectivity index (χ1) is 8.13. The van der Waals surface area contributed by atoms with Crippen LogP contribution in [0.3, 0.4) is 0 Å². The fourth-order valence-corrected chi connectivity index (χ4v) is 1.74. The van der Waals surface area contributed by atoms with Crippen LogP contribution in [0.15, 0.2) is 18.2 Å². The van der Waals surface area contributed by atoms with Gasteiger partial charge in [0.15, 0.2) is 0 Å². The van der Waals surface area contributed by atoms with Crippen molar-refractivity contribution in [1.82, 2.24) is 0 Å². The molecule has 1 aromatic carbocycles. The predicted octanol–water partition coefficient (Wildman–Crippen LogP) is 4.14. The number of aryl methyl sites for hydroxylation is 1. The Morgan fingerprint density at radius 2 is 1.67 bits per heavy atom. The Bertz CT molecular complexity index is 402. The number of rotatable bonds is 3. The second-order valence-electron chi connectivity index (χ2n) is 5.75. The van der Waals surface area contributed by atoms with Gasteiger partial charge in [0.2, 0.25) is 0 Å². The summed E-state index contributed by atoms with van der Waals surface area (Å²) < 4.78 is 37.9. The molecule has 0 bridgehead atoms. The number of hydrogen-bond acceptors (Lipinski definition) is 1. The fraction of sp³-hybridized carbons (Fsp3) is 0.571. The molecule has 0 atom stereocenters. The molecule has 1 rings (SSSR count). The molecule has 4 heteroatoms. The van der Waals surface area contributed by atoms with E-state index in [2.05, 4.69) is 20.8 Å². The van der Waals surface area contributed by atoms with Crippen molar-refractivity contribution in [2.45, 2.75) is 46.3 Å². The lowest BCUT2D eigenvalue weighted by Crippen LogP contribution is -2.11. The van der Waals surface area contributed by atoms with Gasteiger partial charge in [-0.15, -0.1) is 0 Å². The zero-order valence-corrected chi connectivity index (χ0v) is 11.1. The third-order valence-corrected chi connectivity index (χ3v) is 2.90. The molecule has 0 aliphatic rings. The summed E-state index contributed by atoms with van der Waals surface area (Å²) in [5, 5.41) is 0. The van der Waals surface area contributed by atoms with E-state index in [1.165, 1.54) is 12.1 Å². The first kappa shape index (κ1) is 15.0. The van der Waals surface area contributed by atoms with E-state index >= 15 is 0 Å². The van der Waals surface area contributed by atoms with E-state index in [0.717, 1.165) is 18.1 Å². The molecule has 0 amide bonds. The lowest BCUT2D eigenvalue weighted by molar-refractivity contribution is -0.137. The molecule has 0 aliphatic heterocycles. The van der Waals surface area contributed by atoms with E-state index in [9.17, 15) is 13.2 Å². The molecule has 0 aromatic heterocycles. The van der Waals surface area contributed by atoms with Crippen LogP contribution >= 0.6 is 0 Å². The van der Waals surface area contributed by atoms with Crippen LogP contribution in [0.25, 0.3) is 0 Å². The monoisotopic (exact) mass is 259 g/mol. The van der Waals surface area contributed by atoms with Crippen molar-refractivity contribution in [2.24, 2.45) is 11.1 Å². The topological polar surface area (TPSA) is 26.0 Å². The molecule has 2 N–H and O–H groups in total. The van der Waals surface area contributed by atoms with Crippen molar-refractivity contribution in [3.63, 3.8) is 0 Å². The van der Waals surface area contributed by atoms with Gasteiger partial charge in [0, 0.05) is 6.54 Å². The summed E-state index contributed by atoms with van der Waals surface area (Å²) in [5.74, 6) is 0. The highest BCUT2D eigenvalue weighted by Crippen LogP contribution is 2.31. The summed E-state index contributed by atoms with van der Waals surface area (Å²) in [6.07, 6.45) is -2.83. The van der Waals surface area contributed by atoms with Crippen LogP contribution in [-0.4, -0.2) is 0 Å². The van der Waals surface area contributed by atoms with Crippen LogP contribution in [0.4, 0.5) is 13.2 Å². The Labute approximate surface area is 106 Å². The predicted molar refractivity (Wildman–Crippen MR) is 67.1 cm³/mol. The minimum Gasteiger partial charge on any atom is -0.326 e. The third kappa shape index (κ3) is 4.33. The van der Waals surface area contributed by atoms with Crippen molar-refractivity contribution in [2.75, 3.05) is 0 Å². The van der Waals surface area contributed by atoms with Gasteiger partial charge in [-0.3, -0.25) is 0 Å². The standard InChI is InChI=1S/C14H20F3N/c1-13(2,3)7-6-10-8-12(14(15,16)17)5-4-11(10)9-18/h4-5,8H,6-7,9,18H2,1-3H3. The molecule has 0 radical (unpaired) electrons. The van der Waals surface area contributed by atoms with E-state index < -0.39 is 11.7 Å². The van der Waals surface area contributed by atoms with Crippen molar-refractivity contribution < 1.29 is 13.2 Å². The molecule has 102 valence electrons. The van der Waals surface area contributed by atoms with Crippen molar-refractivity contribution >= 4 is 0 Å². The third-order valence-electron chi connectivity index (χ3n) is 2.90. The normalized spacial score (nSPS) is 12.8. The molecular weight excluding hydrogens is 239 g/mol. The minimum atomic E-state index is -4.29. The van der Waals surface area contributed by atoms with Gasteiger partial charge < -0.3 is 5.73 Å². The Balaban J connectivity index is 3.00. The summed E-state index contributed by atoms with van der Waals surface area (Å²) in [4.78, 5) is 0. The Hall–Kier alpha value is -1.03. The van der Waals surface area contributed by atoms with E-state index in [-0.39, 0.29) is 12.0 Å². The number of hydrogen-bond donors (Lipinski definition) is 1. The quantitative estimate of drug-likeness (QED) is 0.867. The summed E-state index contributed by atoms with van der Waals surface area (Å²) in [6, 6.07) is 3.82. The maximum Gasteiger partial charge on any atom is 0.416 e. The Kier molecular flexibility index (Phi) is 4.43. The smallest absolute Gasteiger partial charge is 0.326 e. The zero-order valence-electron chi connectivity index (χ0n) is 11.1. The van der Waals surface area contributed by atoms with Crippen LogP contribution in [0.5, 0.6) is 0 Å². The van der Waals surface area contributed by atoms with Gasteiger partial charge in [-0.05, 0) is 41.5 Å². The molecule has 0 spiro atoms. The second-order valence-corrected chi connectivity index (χ2v) is 5.75. The van der Waals surface area contributed by atoms with Gasteiger partial charge in [0.1, 0.15) is 0 Å². The minimum absolute atomic E-state index is 0.0973. The molecule has 0 heterocycles. The molecular formula is C14H20F3N. The lowest BCUT2D eigenvalue weighted by Gasteiger charge is -2.19. The first-order valence-corrected chi connectivity index (χ1v) is 6.02. The maximum absolute atomic E-state index is 12.6. The van der Waals surface area contributed by atoms with Crippen molar-refractivity contribution in [1.29, 1.82) is 0 Å². The molecule has 0 saturated heterocycles. The number of halogens is 3. The lowest BCUT2D eigenvalue weighted by atomic mass is 9.87. The molecule has 0 saturated carbocycles. The highest BCUT2D eigenvalue weighted by Gasteiger charge is 2.30. The zero-order chi connectivity index (χ0) is 14.0. The highest BCUT2D eigenvalue weighted by atomic mass is 19.4. The molecule has 0 aliphatic carbocycles. The van der Waals surface area contributed by atoms with Crippen LogP contribution in [0.1, 0.15) is 43.9 Å². The first-order valence-electron chi connectivity index (χ1n) is 6.02. The summed E-state index contributed by atoms with van der Waals surface area (Å²) in [5.41, 5.74) is 6.58. The SMILES string of the molecule is CC(C)(C)CCc1cc(C(F)(F)F)ccc1CN. The van der Waals surface area contributed by atoms with Crippen LogP contribution in [-0.2, 0) is 19.1 Å². The number of benzene rings is 1.